The number of hydrogen-bond acceptors (Lipinski definition) is 2. The first kappa shape index (κ1) is 22.6. The SMILES string of the molecule is CC.CCC.CCC.Cc1ccc(C)c2c1C(=O)n1c-2nc2ccccc21. The van der Waals surface area contributed by atoms with Crippen LogP contribution in [0.3, 0.4) is 0 Å². The maximum atomic E-state index is 12.7. The molecule has 0 atom stereocenters. The van der Waals surface area contributed by atoms with Crippen molar-refractivity contribution in [2.24, 2.45) is 0 Å². The van der Waals surface area contributed by atoms with Gasteiger partial charge in [0.1, 0.15) is 5.82 Å². The van der Waals surface area contributed by atoms with E-state index in [-0.39, 0.29) is 5.91 Å². The van der Waals surface area contributed by atoms with Crippen molar-refractivity contribution in [3.63, 3.8) is 0 Å². The first-order chi connectivity index (χ1) is 13.0. The molecule has 3 nitrogen and oxygen atoms in total. The summed E-state index contributed by atoms with van der Waals surface area (Å²) in [6, 6.07) is 11.8. The fraction of sp³-hybridized carbons (Fsp3) is 0.417. The maximum absolute atomic E-state index is 12.7. The molecule has 0 fully saturated rings. The molecule has 0 saturated heterocycles. The highest BCUT2D eigenvalue weighted by atomic mass is 16.2. The van der Waals surface area contributed by atoms with Crippen molar-refractivity contribution in [3.8, 4) is 11.4 Å². The van der Waals surface area contributed by atoms with Crippen molar-refractivity contribution < 1.29 is 4.79 Å². The van der Waals surface area contributed by atoms with Gasteiger partial charge in [-0.1, -0.05) is 78.6 Å². The van der Waals surface area contributed by atoms with Crippen LogP contribution < -0.4 is 0 Å². The molecule has 0 N–H and O–H groups in total. The van der Waals surface area contributed by atoms with E-state index in [1.54, 1.807) is 4.57 Å². The summed E-state index contributed by atoms with van der Waals surface area (Å²) in [5.41, 5.74) is 5.66. The van der Waals surface area contributed by atoms with E-state index in [9.17, 15) is 4.79 Å². The van der Waals surface area contributed by atoms with Gasteiger partial charge in [0.15, 0.2) is 0 Å². The summed E-state index contributed by atoms with van der Waals surface area (Å²) in [4.78, 5) is 17.3. The molecule has 0 spiro atoms. The van der Waals surface area contributed by atoms with Gasteiger partial charge in [-0.25, -0.2) is 4.98 Å². The lowest BCUT2D eigenvalue weighted by Crippen LogP contribution is -2.07. The number of carbonyl (C=O) groups is 1. The van der Waals surface area contributed by atoms with Crippen molar-refractivity contribution in [3.05, 3.63) is 53.1 Å². The van der Waals surface area contributed by atoms with Gasteiger partial charge in [0.2, 0.25) is 0 Å². The van der Waals surface area contributed by atoms with Crippen LogP contribution in [-0.4, -0.2) is 15.5 Å². The Morgan fingerprint density at radius 3 is 1.85 bits per heavy atom. The molecule has 1 aliphatic heterocycles. The maximum Gasteiger partial charge on any atom is 0.265 e. The van der Waals surface area contributed by atoms with Gasteiger partial charge in [-0.15, -0.1) is 0 Å². The minimum atomic E-state index is 0.0416. The minimum absolute atomic E-state index is 0.0416. The monoisotopic (exact) mass is 366 g/mol. The molecule has 4 rings (SSSR count). The highest BCUT2D eigenvalue weighted by molar-refractivity contribution is 6.14. The van der Waals surface area contributed by atoms with Gasteiger partial charge >= 0.3 is 0 Å². The fourth-order valence-electron chi connectivity index (χ4n) is 2.89. The van der Waals surface area contributed by atoms with Crippen LogP contribution in [0.4, 0.5) is 0 Å². The second-order valence-corrected chi connectivity index (χ2v) is 6.43. The number of para-hydroxylation sites is 2. The van der Waals surface area contributed by atoms with Gasteiger partial charge in [0, 0.05) is 5.56 Å². The average Bonchev–Trinajstić information content (AvgIpc) is 3.17. The Kier molecular flexibility index (Phi) is 8.93. The molecule has 2 aromatic carbocycles. The molecule has 0 radical (unpaired) electrons. The Morgan fingerprint density at radius 1 is 0.815 bits per heavy atom. The number of nitrogens with zero attached hydrogens (tertiary/aromatic N) is 2. The molecule has 1 aromatic heterocycles. The summed E-state index contributed by atoms with van der Waals surface area (Å²) in [5, 5.41) is 0. The number of aromatic nitrogens is 2. The number of carbonyl (C=O) groups excluding carboxylic acids is 1. The number of imidazole rings is 1. The van der Waals surface area contributed by atoms with Gasteiger partial charge in [-0.05, 0) is 37.1 Å². The van der Waals surface area contributed by atoms with E-state index in [0.29, 0.717) is 0 Å². The lowest BCUT2D eigenvalue weighted by molar-refractivity contribution is 0.0973. The topological polar surface area (TPSA) is 34.9 Å². The number of rotatable bonds is 0. The summed E-state index contributed by atoms with van der Waals surface area (Å²) >= 11 is 0. The summed E-state index contributed by atoms with van der Waals surface area (Å²) in [7, 11) is 0. The third-order valence-corrected chi connectivity index (χ3v) is 3.82. The fourth-order valence-corrected chi connectivity index (χ4v) is 2.89. The molecule has 0 saturated carbocycles. The lowest BCUT2D eigenvalue weighted by Gasteiger charge is -2.04. The third kappa shape index (κ3) is 4.47. The third-order valence-electron chi connectivity index (χ3n) is 3.82. The zero-order valence-corrected chi connectivity index (χ0v) is 18.2. The Labute approximate surface area is 164 Å². The van der Waals surface area contributed by atoms with Crippen LogP contribution in [0.15, 0.2) is 36.4 Å². The van der Waals surface area contributed by atoms with Crippen LogP contribution in [0.5, 0.6) is 0 Å². The zero-order valence-electron chi connectivity index (χ0n) is 18.2. The molecule has 0 aliphatic carbocycles. The Balaban J connectivity index is 0.000000399. The van der Waals surface area contributed by atoms with Crippen molar-refractivity contribution in [2.75, 3.05) is 0 Å². The molecular formula is C24H34N2O. The predicted molar refractivity (Wildman–Crippen MR) is 118 cm³/mol. The smallest absolute Gasteiger partial charge is 0.265 e. The Bertz CT molecular complexity index is 889. The first-order valence-electron chi connectivity index (χ1n) is 10.1. The van der Waals surface area contributed by atoms with Gasteiger partial charge < -0.3 is 0 Å². The van der Waals surface area contributed by atoms with E-state index in [0.717, 1.165) is 39.1 Å². The van der Waals surface area contributed by atoms with E-state index in [1.165, 1.54) is 12.8 Å². The van der Waals surface area contributed by atoms with E-state index >= 15 is 0 Å². The van der Waals surface area contributed by atoms with Gasteiger partial charge in [-0.3, -0.25) is 9.36 Å². The molecule has 3 aromatic rings. The van der Waals surface area contributed by atoms with Crippen molar-refractivity contribution in [1.82, 2.24) is 9.55 Å². The second kappa shape index (κ2) is 10.7. The predicted octanol–water partition coefficient (Wildman–Crippen LogP) is 7.18. The van der Waals surface area contributed by atoms with Crippen LogP contribution in [-0.2, 0) is 0 Å². The molecule has 3 heteroatoms. The molecule has 0 amide bonds. The number of aryl methyl sites for hydroxylation is 2. The highest BCUT2D eigenvalue weighted by Crippen LogP contribution is 2.38. The molecule has 146 valence electrons. The van der Waals surface area contributed by atoms with E-state index in [4.69, 9.17) is 0 Å². The Hall–Kier alpha value is -2.42. The zero-order chi connectivity index (χ0) is 20.6. The van der Waals surface area contributed by atoms with Crippen LogP contribution in [0.2, 0.25) is 0 Å². The summed E-state index contributed by atoms with van der Waals surface area (Å²) in [6.45, 7) is 16.5. The first-order valence-corrected chi connectivity index (χ1v) is 10.1. The van der Waals surface area contributed by atoms with Crippen LogP contribution in [0.25, 0.3) is 22.4 Å². The summed E-state index contributed by atoms with van der Waals surface area (Å²) < 4.78 is 1.74. The Morgan fingerprint density at radius 2 is 1.30 bits per heavy atom. The molecule has 0 bridgehead atoms. The second-order valence-electron chi connectivity index (χ2n) is 6.43. The number of benzene rings is 2. The van der Waals surface area contributed by atoms with Crippen molar-refractivity contribution in [2.45, 2.75) is 68.2 Å². The van der Waals surface area contributed by atoms with E-state index in [1.807, 2.05) is 58.0 Å². The number of hydrogen-bond donors (Lipinski definition) is 0. The standard InChI is InChI=1S/C16H12N2O.2C3H8.C2H6/c1-9-7-8-10(2)14-13(9)15-17-11-5-3-4-6-12(11)18(15)16(14)19;2*1-3-2;1-2/h3-8H,1-2H3;2*3H2,1-2H3;1-2H3. The van der Waals surface area contributed by atoms with Crippen LogP contribution in [0.1, 0.15) is 75.9 Å². The van der Waals surface area contributed by atoms with E-state index in [2.05, 4.69) is 38.7 Å². The largest absolute Gasteiger partial charge is 0.268 e. The molecule has 2 heterocycles. The molecule has 0 unspecified atom stereocenters. The average molecular weight is 367 g/mol. The minimum Gasteiger partial charge on any atom is -0.268 e. The van der Waals surface area contributed by atoms with Gasteiger partial charge in [0.25, 0.3) is 5.91 Å². The molecule has 1 aliphatic rings. The van der Waals surface area contributed by atoms with Crippen molar-refractivity contribution >= 4 is 16.9 Å². The van der Waals surface area contributed by atoms with Gasteiger partial charge in [-0.2, -0.15) is 0 Å². The quantitative estimate of drug-likeness (QED) is 0.330. The summed E-state index contributed by atoms with van der Waals surface area (Å²) in [5.74, 6) is 0.822. The number of fused-ring (bicyclic) bond motifs is 5. The molecular weight excluding hydrogens is 332 g/mol. The summed E-state index contributed by atoms with van der Waals surface area (Å²) in [6.07, 6.45) is 2.50. The van der Waals surface area contributed by atoms with E-state index < -0.39 is 0 Å². The van der Waals surface area contributed by atoms with Crippen LogP contribution in [0, 0.1) is 13.8 Å². The normalized spacial score (nSPS) is 10.6. The van der Waals surface area contributed by atoms with Gasteiger partial charge in [0.05, 0.1) is 16.6 Å². The highest BCUT2D eigenvalue weighted by Gasteiger charge is 2.32. The van der Waals surface area contributed by atoms with Crippen LogP contribution >= 0.6 is 0 Å². The molecule has 27 heavy (non-hydrogen) atoms. The van der Waals surface area contributed by atoms with Crippen molar-refractivity contribution in [1.29, 1.82) is 0 Å². The lowest BCUT2D eigenvalue weighted by atomic mass is 9.99.